The van der Waals surface area contributed by atoms with Gasteiger partial charge in [0, 0.05) is 37.9 Å². The van der Waals surface area contributed by atoms with Crippen LogP contribution >= 0.6 is 11.6 Å². The molecule has 0 bridgehead atoms. The van der Waals surface area contributed by atoms with Crippen molar-refractivity contribution in [3.63, 3.8) is 0 Å². The third-order valence-electron chi connectivity index (χ3n) is 5.09. The lowest BCUT2D eigenvalue weighted by molar-refractivity contribution is 0.0767. The highest BCUT2D eigenvalue weighted by Gasteiger charge is 2.25. The Morgan fingerprint density at radius 3 is 2.42 bits per heavy atom. The Kier molecular flexibility index (Phi) is 7.46. The van der Waals surface area contributed by atoms with Crippen LogP contribution < -0.4 is 14.4 Å². The van der Waals surface area contributed by atoms with Crippen LogP contribution in [0.25, 0.3) is 0 Å². The number of benzene rings is 2. The van der Waals surface area contributed by atoms with Gasteiger partial charge in [0.05, 0.1) is 22.6 Å². The van der Waals surface area contributed by atoms with Gasteiger partial charge in [-0.15, -0.1) is 0 Å². The summed E-state index contributed by atoms with van der Waals surface area (Å²) in [7, 11) is -2.09. The van der Waals surface area contributed by atoms with Crippen LogP contribution in [-0.2, 0) is 10.0 Å². The molecule has 0 spiro atoms. The Balaban J connectivity index is 1.76. The molecule has 3 rings (SSSR count). The van der Waals surface area contributed by atoms with Gasteiger partial charge < -0.3 is 14.5 Å². The molecule has 0 unspecified atom stereocenters. The second-order valence-electron chi connectivity index (χ2n) is 7.75. The second-order valence-corrected chi connectivity index (χ2v) is 9.87. The van der Waals surface area contributed by atoms with Crippen LogP contribution in [0.1, 0.15) is 30.6 Å². The highest BCUT2D eigenvalue weighted by molar-refractivity contribution is 7.89. The van der Waals surface area contributed by atoms with Gasteiger partial charge in [-0.25, -0.2) is 13.1 Å². The van der Waals surface area contributed by atoms with Gasteiger partial charge in [-0.05, 0) is 62.7 Å². The Hall–Kier alpha value is -2.29. The second kappa shape index (κ2) is 9.89. The summed E-state index contributed by atoms with van der Waals surface area (Å²) in [6.45, 7) is 6.06. The lowest BCUT2D eigenvalue weighted by Crippen LogP contribution is -2.35. The fourth-order valence-corrected chi connectivity index (χ4v) is 5.03. The topological polar surface area (TPSA) is 79.0 Å². The van der Waals surface area contributed by atoms with Crippen molar-refractivity contribution in [1.82, 2.24) is 9.62 Å². The third kappa shape index (κ3) is 5.70. The van der Waals surface area contributed by atoms with Crippen molar-refractivity contribution >= 4 is 33.2 Å². The van der Waals surface area contributed by atoms with Crippen LogP contribution in [-0.4, -0.2) is 58.6 Å². The monoisotopic (exact) mass is 465 g/mol. The number of rotatable bonds is 6. The minimum Gasteiger partial charge on any atom is -0.497 e. The van der Waals surface area contributed by atoms with E-state index in [1.54, 1.807) is 25.9 Å². The number of sulfonamides is 1. The molecular weight excluding hydrogens is 438 g/mol. The van der Waals surface area contributed by atoms with Crippen LogP contribution in [0.15, 0.2) is 47.4 Å². The average Bonchev–Trinajstić information content (AvgIpc) is 2.99. The molecule has 1 amide bonds. The van der Waals surface area contributed by atoms with Crippen molar-refractivity contribution < 1.29 is 17.9 Å². The molecule has 1 aliphatic heterocycles. The molecule has 0 aliphatic carbocycles. The highest BCUT2D eigenvalue weighted by Crippen LogP contribution is 2.24. The summed E-state index contributed by atoms with van der Waals surface area (Å²) in [6, 6.07) is 11.8. The van der Waals surface area contributed by atoms with Crippen LogP contribution in [0.2, 0.25) is 5.02 Å². The largest absolute Gasteiger partial charge is 0.497 e. The van der Waals surface area contributed by atoms with Crippen molar-refractivity contribution in [3.8, 4) is 5.75 Å². The summed E-state index contributed by atoms with van der Waals surface area (Å²) in [5.41, 5.74) is 1.27. The van der Waals surface area contributed by atoms with Crippen molar-refractivity contribution in [3.05, 3.63) is 53.1 Å². The van der Waals surface area contributed by atoms with Crippen molar-refractivity contribution in [2.45, 2.75) is 31.2 Å². The number of carbonyl (C=O) groups is 1. The van der Waals surface area contributed by atoms with Gasteiger partial charge in [0.1, 0.15) is 5.75 Å². The van der Waals surface area contributed by atoms with E-state index in [0.717, 1.165) is 24.4 Å². The highest BCUT2D eigenvalue weighted by atomic mass is 35.5. The van der Waals surface area contributed by atoms with E-state index >= 15 is 0 Å². The zero-order valence-corrected chi connectivity index (χ0v) is 19.5. The number of nitrogens with one attached hydrogen (secondary N) is 1. The van der Waals surface area contributed by atoms with E-state index in [1.165, 1.54) is 18.2 Å². The van der Waals surface area contributed by atoms with E-state index in [0.29, 0.717) is 19.6 Å². The molecule has 0 saturated carbocycles. The molecule has 7 nitrogen and oxygen atoms in total. The predicted molar refractivity (Wildman–Crippen MR) is 123 cm³/mol. The Bertz CT molecular complexity index is 1030. The number of hydrogen-bond donors (Lipinski definition) is 1. The van der Waals surface area contributed by atoms with Gasteiger partial charge in [-0.1, -0.05) is 11.6 Å². The maximum atomic E-state index is 13.2. The van der Waals surface area contributed by atoms with Gasteiger partial charge in [-0.3, -0.25) is 4.79 Å². The Morgan fingerprint density at radius 2 is 1.77 bits per heavy atom. The smallest absolute Gasteiger partial charge is 0.255 e. The van der Waals surface area contributed by atoms with Crippen molar-refractivity contribution in [2.24, 2.45) is 0 Å². The minimum atomic E-state index is -3.72. The summed E-state index contributed by atoms with van der Waals surface area (Å²) in [4.78, 5) is 17.2. The number of ether oxygens (including phenoxy) is 1. The molecule has 31 heavy (non-hydrogen) atoms. The molecule has 2 aromatic carbocycles. The molecule has 1 heterocycles. The summed E-state index contributed by atoms with van der Waals surface area (Å²) >= 11 is 6.28. The lowest BCUT2D eigenvalue weighted by atomic mass is 10.2. The predicted octanol–water partition coefficient (Wildman–Crippen LogP) is 3.39. The molecule has 0 radical (unpaired) electrons. The number of amides is 1. The normalized spacial score (nSPS) is 15.1. The number of nitrogens with zero attached hydrogens (tertiary/aromatic N) is 2. The number of hydrogen-bond acceptors (Lipinski definition) is 5. The molecule has 9 heteroatoms. The minimum absolute atomic E-state index is 0.0311. The lowest BCUT2D eigenvalue weighted by Gasteiger charge is -2.24. The Morgan fingerprint density at radius 1 is 1.06 bits per heavy atom. The van der Waals surface area contributed by atoms with Gasteiger partial charge >= 0.3 is 0 Å². The first-order valence-electron chi connectivity index (χ1n) is 10.2. The number of carbonyl (C=O) groups excluding carboxylic acids is 1. The molecule has 2 aromatic rings. The SMILES string of the molecule is COc1ccc(N2CCCN(C(=O)c3cc(S(=O)(=O)NC(C)C)ccc3Cl)CC2)cc1. The van der Waals surface area contributed by atoms with Gasteiger partial charge in [0.15, 0.2) is 0 Å². The fourth-order valence-electron chi connectivity index (χ4n) is 3.56. The third-order valence-corrected chi connectivity index (χ3v) is 7.08. The van der Waals surface area contributed by atoms with Crippen LogP contribution in [0, 0.1) is 0 Å². The standard InChI is InChI=1S/C22H28ClN3O4S/c1-16(2)24-31(28,29)19-9-10-21(23)20(15-19)22(27)26-12-4-11-25(13-14-26)17-5-7-18(30-3)8-6-17/h5-10,15-16,24H,4,11-14H2,1-3H3. The van der Waals surface area contributed by atoms with Gasteiger partial charge in [0.25, 0.3) is 5.91 Å². The van der Waals surface area contributed by atoms with Crippen LogP contribution in [0.5, 0.6) is 5.75 Å². The van der Waals surface area contributed by atoms with E-state index in [1.807, 2.05) is 24.3 Å². The van der Waals surface area contributed by atoms with E-state index in [-0.39, 0.29) is 27.4 Å². The van der Waals surface area contributed by atoms with Gasteiger partial charge in [-0.2, -0.15) is 0 Å². The zero-order chi connectivity index (χ0) is 22.6. The summed E-state index contributed by atoms with van der Waals surface area (Å²) < 4.78 is 32.8. The zero-order valence-electron chi connectivity index (χ0n) is 18.0. The molecule has 1 aliphatic rings. The quantitative estimate of drug-likeness (QED) is 0.707. The van der Waals surface area contributed by atoms with Gasteiger partial charge in [0.2, 0.25) is 10.0 Å². The molecule has 0 atom stereocenters. The van der Waals surface area contributed by atoms with Crippen molar-refractivity contribution in [1.29, 1.82) is 0 Å². The first-order chi connectivity index (χ1) is 14.7. The summed E-state index contributed by atoms with van der Waals surface area (Å²) in [5, 5.41) is 0.241. The first kappa shape index (κ1) is 23.4. The summed E-state index contributed by atoms with van der Waals surface area (Å²) in [5.74, 6) is 0.537. The summed E-state index contributed by atoms with van der Waals surface area (Å²) in [6.07, 6.45) is 0.794. The van der Waals surface area contributed by atoms with E-state index in [9.17, 15) is 13.2 Å². The van der Waals surface area contributed by atoms with Crippen molar-refractivity contribution in [2.75, 3.05) is 38.2 Å². The van der Waals surface area contributed by atoms with E-state index < -0.39 is 10.0 Å². The first-order valence-corrected chi connectivity index (χ1v) is 12.1. The number of methoxy groups -OCH3 is 1. The Labute approximate surface area is 189 Å². The molecule has 1 N–H and O–H groups in total. The maximum absolute atomic E-state index is 13.2. The molecule has 1 saturated heterocycles. The molecule has 1 fully saturated rings. The van der Waals surface area contributed by atoms with Crippen LogP contribution in [0.3, 0.4) is 0 Å². The molecule has 0 aromatic heterocycles. The van der Waals surface area contributed by atoms with E-state index in [4.69, 9.17) is 16.3 Å². The number of halogens is 1. The average molecular weight is 466 g/mol. The fraction of sp³-hybridized carbons (Fsp3) is 0.409. The molecular formula is C22H28ClN3O4S. The molecule has 168 valence electrons. The number of anilines is 1. The maximum Gasteiger partial charge on any atom is 0.255 e. The van der Waals surface area contributed by atoms with E-state index in [2.05, 4.69) is 9.62 Å². The van der Waals surface area contributed by atoms with Crippen LogP contribution in [0.4, 0.5) is 5.69 Å².